The fourth-order valence-corrected chi connectivity index (χ4v) is 12.8. The SMILES string of the molecule is CCc1c(F)ccc2cc(O)cc(-c3ncc4c(N5CCC[C@@](C)(O)C5)nc(OCC56CCCN5C(CN5CCC(OCCCc7ccc8c(c7)n(C)c(=O)n8C7CCC(=O)NC7=O)CC5)CC6)nc4c3F)c12. The van der Waals surface area contributed by atoms with Gasteiger partial charge in [-0.25, -0.2) is 13.6 Å². The van der Waals surface area contributed by atoms with Gasteiger partial charge in [-0.3, -0.25) is 33.9 Å². The van der Waals surface area contributed by atoms with Crippen molar-refractivity contribution in [3.05, 3.63) is 81.9 Å². The number of carbonyl (C=O) groups is 2. The van der Waals surface area contributed by atoms with Gasteiger partial charge >= 0.3 is 11.7 Å². The molecule has 16 nitrogen and oxygen atoms in total. The third kappa shape index (κ3) is 9.33. The van der Waals surface area contributed by atoms with Gasteiger partial charge in [0.1, 0.15) is 41.2 Å². The summed E-state index contributed by atoms with van der Waals surface area (Å²) in [6, 6.07) is 11.5. The molecule has 0 radical (unpaired) electrons. The highest BCUT2D eigenvalue weighted by Crippen LogP contribution is 2.44. The summed E-state index contributed by atoms with van der Waals surface area (Å²) in [5.41, 5.74) is 1.69. The van der Waals surface area contributed by atoms with E-state index in [0.29, 0.717) is 84.5 Å². The summed E-state index contributed by atoms with van der Waals surface area (Å²) in [7, 11) is 1.71. The predicted molar refractivity (Wildman–Crippen MR) is 273 cm³/mol. The number of aryl methyl sites for hydroxylation is 3. The molecule has 5 saturated heterocycles. The van der Waals surface area contributed by atoms with Gasteiger partial charge in [0.05, 0.1) is 33.7 Å². The number of aromatic hydroxyl groups is 1. The van der Waals surface area contributed by atoms with Crippen molar-refractivity contribution in [1.82, 2.24) is 39.2 Å². The maximum Gasteiger partial charge on any atom is 0.329 e. The van der Waals surface area contributed by atoms with Gasteiger partial charge < -0.3 is 29.5 Å². The lowest BCUT2D eigenvalue weighted by Crippen LogP contribution is -2.51. The predicted octanol–water partition coefficient (Wildman–Crippen LogP) is 6.86. The van der Waals surface area contributed by atoms with Crippen LogP contribution in [0.5, 0.6) is 11.8 Å². The first kappa shape index (κ1) is 49.1. The van der Waals surface area contributed by atoms with Crippen molar-refractivity contribution in [1.29, 1.82) is 0 Å². The van der Waals surface area contributed by atoms with Crippen LogP contribution in [0.3, 0.4) is 0 Å². The molecule has 2 amide bonds. The molecule has 0 saturated carbocycles. The summed E-state index contributed by atoms with van der Waals surface area (Å²) >= 11 is 0. The maximum atomic E-state index is 17.3. The number of likely N-dealkylation sites (tertiary alicyclic amines) is 1. The van der Waals surface area contributed by atoms with Crippen LogP contribution in [-0.4, -0.2) is 132 Å². The Kier molecular flexibility index (Phi) is 13.2. The number of carbonyl (C=O) groups excluding carboxylic acids is 2. The molecule has 3 aromatic heterocycles. The molecular formula is C55H65F2N9O7. The van der Waals surface area contributed by atoms with Gasteiger partial charge in [-0.2, -0.15) is 9.97 Å². The van der Waals surface area contributed by atoms with Crippen LogP contribution in [-0.2, 0) is 34.2 Å². The largest absolute Gasteiger partial charge is 0.508 e. The third-order valence-electron chi connectivity index (χ3n) is 16.5. The molecule has 3 unspecified atom stereocenters. The van der Waals surface area contributed by atoms with Gasteiger partial charge in [-0.1, -0.05) is 19.1 Å². The summed E-state index contributed by atoms with van der Waals surface area (Å²) in [6.07, 6.45) is 11.5. The minimum Gasteiger partial charge on any atom is -0.508 e. The molecule has 5 aliphatic heterocycles. The number of pyridine rings is 1. The van der Waals surface area contributed by atoms with E-state index in [0.717, 1.165) is 88.6 Å². The number of hydrogen-bond donors (Lipinski definition) is 3. The summed E-state index contributed by atoms with van der Waals surface area (Å²) in [5, 5.41) is 25.7. The fraction of sp³-hybridized carbons (Fsp3) is 0.527. The monoisotopic (exact) mass is 1000 g/mol. The Morgan fingerprint density at radius 2 is 1.75 bits per heavy atom. The number of phenols is 1. The van der Waals surface area contributed by atoms with Gasteiger partial charge in [-0.15, -0.1) is 0 Å². The van der Waals surface area contributed by atoms with E-state index in [1.807, 2.05) is 30.0 Å². The minimum absolute atomic E-state index is 0.00561. The van der Waals surface area contributed by atoms with E-state index in [4.69, 9.17) is 19.4 Å². The van der Waals surface area contributed by atoms with Crippen LogP contribution in [0, 0.1) is 11.6 Å². The molecule has 5 aliphatic rings. The van der Waals surface area contributed by atoms with E-state index >= 15 is 8.78 Å². The van der Waals surface area contributed by atoms with Crippen molar-refractivity contribution in [3.63, 3.8) is 0 Å². The van der Waals surface area contributed by atoms with E-state index in [9.17, 15) is 24.6 Å². The summed E-state index contributed by atoms with van der Waals surface area (Å²) in [6.45, 7) is 9.35. The van der Waals surface area contributed by atoms with Gasteiger partial charge in [0, 0.05) is 70.6 Å². The molecule has 6 aromatic rings. The van der Waals surface area contributed by atoms with Crippen LogP contribution < -0.4 is 20.6 Å². The van der Waals surface area contributed by atoms with Gasteiger partial charge in [0.2, 0.25) is 11.8 Å². The van der Waals surface area contributed by atoms with Crippen LogP contribution in [0.2, 0.25) is 0 Å². The number of phenolic OH excluding ortho intramolecular Hbond substituents is 1. The summed E-state index contributed by atoms with van der Waals surface area (Å²) in [5.74, 6) is -1.55. The fourth-order valence-electron chi connectivity index (χ4n) is 12.8. The summed E-state index contributed by atoms with van der Waals surface area (Å²) in [4.78, 5) is 59.0. The number of fused-ring (bicyclic) bond motifs is 4. The van der Waals surface area contributed by atoms with Crippen molar-refractivity contribution in [2.24, 2.45) is 7.05 Å². The number of β-amino-alcohol motifs (C(OH)–C–C–N with tert-alkyl or cyclic N) is 1. The molecule has 8 heterocycles. The zero-order chi connectivity index (χ0) is 50.8. The second-order valence-corrected chi connectivity index (χ2v) is 21.5. The Balaban J connectivity index is 0.734. The first-order valence-electron chi connectivity index (χ1n) is 26.2. The molecule has 386 valence electrons. The number of anilines is 1. The van der Waals surface area contributed by atoms with Gasteiger partial charge in [0.25, 0.3) is 0 Å². The van der Waals surface area contributed by atoms with Gasteiger partial charge in [0.15, 0.2) is 5.82 Å². The Bertz CT molecular complexity index is 3190. The van der Waals surface area contributed by atoms with Crippen molar-refractivity contribution >= 4 is 50.3 Å². The Morgan fingerprint density at radius 3 is 2.55 bits per heavy atom. The highest BCUT2D eigenvalue weighted by Gasteiger charge is 2.50. The number of nitrogens with one attached hydrogen (secondary N) is 1. The normalized spacial score (nSPS) is 24.3. The molecule has 73 heavy (non-hydrogen) atoms. The van der Waals surface area contributed by atoms with E-state index < -0.39 is 29.2 Å². The molecule has 0 bridgehead atoms. The topological polar surface area (TPSA) is 180 Å². The van der Waals surface area contributed by atoms with Crippen LogP contribution in [0.15, 0.2) is 53.5 Å². The number of amides is 2. The number of benzene rings is 3. The lowest BCUT2D eigenvalue weighted by molar-refractivity contribution is -0.135. The van der Waals surface area contributed by atoms with Crippen molar-refractivity contribution < 1.29 is 38.1 Å². The lowest BCUT2D eigenvalue weighted by atomic mass is 9.94. The smallest absolute Gasteiger partial charge is 0.329 e. The Morgan fingerprint density at radius 1 is 0.932 bits per heavy atom. The average molecular weight is 1000 g/mol. The number of hydrogen-bond acceptors (Lipinski definition) is 13. The zero-order valence-electron chi connectivity index (χ0n) is 42.0. The van der Waals surface area contributed by atoms with E-state index in [-0.39, 0.29) is 64.7 Å². The number of aromatic nitrogens is 5. The molecule has 4 atom stereocenters. The van der Waals surface area contributed by atoms with Crippen LogP contribution >= 0.6 is 0 Å². The molecule has 0 aliphatic carbocycles. The highest BCUT2D eigenvalue weighted by atomic mass is 19.1. The first-order valence-corrected chi connectivity index (χ1v) is 26.2. The van der Waals surface area contributed by atoms with Crippen LogP contribution in [0.25, 0.3) is 44.0 Å². The molecule has 11 rings (SSSR count). The van der Waals surface area contributed by atoms with E-state index in [2.05, 4.69) is 20.1 Å². The maximum absolute atomic E-state index is 17.3. The first-order chi connectivity index (χ1) is 35.2. The molecule has 3 N–H and O–H groups in total. The van der Waals surface area contributed by atoms with Gasteiger partial charge in [-0.05, 0) is 143 Å². The average Bonchev–Trinajstić information content (AvgIpc) is 4.02. The van der Waals surface area contributed by atoms with E-state index in [1.54, 1.807) is 30.7 Å². The third-order valence-corrected chi connectivity index (χ3v) is 16.5. The highest BCUT2D eigenvalue weighted by molar-refractivity contribution is 6.02. The number of halogens is 2. The Labute approximate surface area is 422 Å². The zero-order valence-corrected chi connectivity index (χ0v) is 42.0. The number of rotatable bonds is 14. The second kappa shape index (κ2) is 19.6. The molecule has 18 heteroatoms. The van der Waals surface area contributed by atoms with Crippen LogP contribution in [0.4, 0.5) is 14.6 Å². The van der Waals surface area contributed by atoms with Crippen molar-refractivity contribution in [2.45, 2.75) is 127 Å². The van der Waals surface area contributed by atoms with Crippen molar-refractivity contribution in [2.75, 3.05) is 57.4 Å². The molecule has 0 spiro atoms. The molecule has 5 fully saturated rings. The lowest BCUT2D eigenvalue weighted by Gasteiger charge is -2.39. The minimum atomic E-state index is -0.977. The van der Waals surface area contributed by atoms with Crippen molar-refractivity contribution in [3.8, 4) is 23.0 Å². The quantitative estimate of drug-likeness (QED) is 0.0762. The number of ether oxygens (including phenoxy) is 2. The number of imidazole rings is 1. The number of piperidine rings is 3. The molecule has 3 aromatic carbocycles. The second-order valence-electron chi connectivity index (χ2n) is 21.5. The molecular weight excluding hydrogens is 937 g/mol. The van der Waals surface area contributed by atoms with E-state index in [1.165, 1.54) is 22.9 Å². The Hall–Kier alpha value is -6.08. The standard InChI is InChI=1S/C55H65F2N9O7/c1-4-38-41(56)11-10-34-27-36(67)28-39(46(34)38)48-47(57)49-40(29-58-48)50(64-21-6-18-54(2,71)31-64)61-52(60-49)73-32-55-19-7-22-65(55)35(15-20-55)30-63-23-16-37(17-24-63)72-25-5-8-33-9-12-42-44(26-33)62(3)53(70)66(42)43-13-14-45(68)59-51(43)69/h9-12,26-29,35,37,43,67,71H,4-8,13-25,30-32H2,1-3H3,(H,59,68,69)/t35?,43?,54-,55?/m1/s1. The number of nitrogens with zero attached hydrogens (tertiary/aromatic N) is 8. The van der Waals surface area contributed by atoms with Crippen LogP contribution in [0.1, 0.15) is 102 Å². The number of aliphatic hydroxyl groups is 1. The summed E-state index contributed by atoms with van der Waals surface area (Å²) < 4.78 is 48.6. The number of imide groups is 1.